The van der Waals surface area contributed by atoms with Gasteiger partial charge in [0, 0.05) is 19.4 Å². The number of allylic oxidation sites excluding steroid dienone is 20. The van der Waals surface area contributed by atoms with Gasteiger partial charge in [0.25, 0.3) is 0 Å². The van der Waals surface area contributed by atoms with Crippen molar-refractivity contribution in [1.29, 1.82) is 0 Å². The number of esters is 2. The second-order valence-electron chi connectivity index (χ2n) is 13.8. The summed E-state index contributed by atoms with van der Waals surface area (Å²) in [5, 5.41) is 0. The van der Waals surface area contributed by atoms with E-state index in [2.05, 4.69) is 135 Å². The first-order valence-electron chi connectivity index (χ1n) is 22.0. The third kappa shape index (κ3) is 43.8. The number of hydrogen-bond donors (Lipinski definition) is 2. The highest BCUT2D eigenvalue weighted by Crippen LogP contribution is 2.43. The summed E-state index contributed by atoms with van der Waals surface area (Å²) in [6.07, 6.45) is 59.4. The summed E-state index contributed by atoms with van der Waals surface area (Å²) >= 11 is 0. The van der Waals surface area contributed by atoms with E-state index in [1.54, 1.807) is 0 Å². The molecule has 0 saturated carbocycles. The van der Waals surface area contributed by atoms with Crippen molar-refractivity contribution in [3.05, 3.63) is 122 Å². The Labute approximate surface area is 358 Å². The number of carbonyl (C=O) groups is 2. The summed E-state index contributed by atoms with van der Waals surface area (Å²) in [7, 11) is -4.41. The number of rotatable bonds is 39. The Morgan fingerprint density at radius 2 is 0.881 bits per heavy atom. The summed E-state index contributed by atoms with van der Waals surface area (Å²) in [6, 6.07) is 0. The highest BCUT2D eigenvalue weighted by Gasteiger charge is 2.25. The minimum absolute atomic E-state index is 0.0351. The lowest BCUT2D eigenvalue weighted by molar-refractivity contribution is -0.161. The zero-order valence-electron chi connectivity index (χ0n) is 36.4. The van der Waals surface area contributed by atoms with E-state index < -0.39 is 32.5 Å². The second-order valence-corrected chi connectivity index (χ2v) is 15.2. The van der Waals surface area contributed by atoms with Gasteiger partial charge in [0.15, 0.2) is 6.10 Å². The van der Waals surface area contributed by atoms with Crippen LogP contribution in [0.15, 0.2) is 122 Å². The Bertz CT molecular complexity index is 1370. The Morgan fingerprint density at radius 1 is 0.508 bits per heavy atom. The molecule has 0 aromatic carbocycles. The van der Waals surface area contributed by atoms with E-state index in [1.165, 1.54) is 0 Å². The maximum absolute atomic E-state index is 12.6. The van der Waals surface area contributed by atoms with Gasteiger partial charge in [-0.15, -0.1) is 0 Å². The SMILES string of the molecule is CC/C=C/C/C=C/C/C=C/C/C=C/C/C=C/CCCCCC(=O)OC[C@H](COP(=O)(O)OCCN)OC(=O)CCCCC/C=C/C/C=C/C/C=C/C/C=C/C/C=C/CC. The van der Waals surface area contributed by atoms with E-state index in [0.29, 0.717) is 12.8 Å². The first-order chi connectivity index (χ1) is 28.8. The van der Waals surface area contributed by atoms with Gasteiger partial charge in [-0.05, 0) is 103 Å². The predicted molar refractivity (Wildman–Crippen MR) is 247 cm³/mol. The molecule has 9 nitrogen and oxygen atoms in total. The van der Waals surface area contributed by atoms with Crippen molar-refractivity contribution >= 4 is 19.8 Å². The molecular formula is C49H78NO8P. The summed E-state index contributed by atoms with van der Waals surface area (Å²) in [4.78, 5) is 34.9. The molecule has 0 heterocycles. The molecule has 0 amide bonds. The topological polar surface area (TPSA) is 134 Å². The monoisotopic (exact) mass is 840 g/mol. The average Bonchev–Trinajstić information content (AvgIpc) is 3.22. The van der Waals surface area contributed by atoms with Gasteiger partial charge in [-0.2, -0.15) is 0 Å². The fourth-order valence-electron chi connectivity index (χ4n) is 5.16. The summed E-state index contributed by atoms with van der Waals surface area (Å²) in [5.74, 6) is -0.919. The normalized spacial score (nSPS) is 14.4. The second kappa shape index (κ2) is 44.0. The first-order valence-corrected chi connectivity index (χ1v) is 23.5. The molecule has 0 fully saturated rings. The lowest BCUT2D eigenvalue weighted by Gasteiger charge is -2.19. The van der Waals surface area contributed by atoms with Gasteiger partial charge in [0.2, 0.25) is 0 Å². The van der Waals surface area contributed by atoms with Crippen molar-refractivity contribution in [3.63, 3.8) is 0 Å². The molecule has 3 N–H and O–H groups in total. The van der Waals surface area contributed by atoms with E-state index >= 15 is 0 Å². The molecule has 10 heteroatoms. The molecule has 0 aliphatic rings. The molecule has 2 atom stereocenters. The number of carbonyl (C=O) groups excluding carboxylic acids is 2. The summed E-state index contributed by atoms with van der Waals surface area (Å²) in [5.41, 5.74) is 5.35. The maximum Gasteiger partial charge on any atom is 0.472 e. The molecule has 332 valence electrons. The van der Waals surface area contributed by atoms with Crippen LogP contribution < -0.4 is 5.73 Å². The van der Waals surface area contributed by atoms with E-state index in [0.717, 1.165) is 103 Å². The number of unbranched alkanes of at least 4 members (excludes halogenated alkanes) is 6. The Balaban J connectivity index is 4.31. The number of nitrogens with two attached hydrogens (primary N) is 1. The minimum Gasteiger partial charge on any atom is -0.462 e. The van der Waals surface area contributed by atoms with Crippen LogP contribution in [0, 0.1) is 0 Å². The van der Waals surface area contributed by atoms with E-state index in [1.807, 2.05) is 0 Å². The number of hydrogen-bond acceptors (Lipinski definition) is 8. The van der Waals surface area contributed by atoms with Crippen LogP contribution in [-0.2, 0) is 32.7 Å². The first kappa shape index (κ1) is 55.4. The van der Waals surface area contributed by atoms with Gasteiger partial charge in [-0.3, -0.25) is 18.6 Å². The third-order valence-corrected chi connectivity index (χ3v) is 9.33. The average molecular weight is 840 g/mol. The molecule has 0 saturated heterocycles. The molecule has 0 spiro atoms. The Morgan fingerprint density at radius 3 is 1.27 bits per heavy atom. The van der Waals surface area contributed by atoms with Crippen LogP contribution in [0.1, 0.15) is 142 Å². The van der Waals surface area contributed by atoms with Crippen LogP contribution in [-0.4, -0.2) is 49.3 Å². The molecule has 0 rings (SSSR count). The molecule has 0 aliphatic carbocycles. The van der Waals surface area contributed by atoms with E-state index in [9.17, 15) is 19.0 Å². The highest BCUT2D eigenvalue weighted by molar-refractivity contribution is 7.47. The standard InChI is InChI=1S/C49H78NO8P/c1-3-5-7-9-11-13-15-17-19-21-23-25-27-29-31-33-35-37-39-41-48(51)55-45-47(46-57-59(53,54)56-44-43-50)58-49(52)42-40-38-36-34-32-30-28-26-24-22-20-18-16-14-12-10-8-6-4-2/h5-8,11-14,17-20,23-26,29-32,47H,3-4,9-10,15-16,21-22,27-28,33-46,50H2,1-2H3,(H,53,54)/b7-5+,8-6+,13-11+,14-12+,19-17+,20-18+,25-23+,26-24+,31-29+,32-30+/t47-/m1/s1. The summed E-state index contributed by atoms with van der Waals surface area (Å²) in [6.45, 7) is 3.39. The largest absolute Gasteiger partial charge is 0.472 e. The van der Waals surface area contributed by atoms with Crippen molar-refractivity contribution < 1.29 is 37.6 Å². The zero-order chi connectivity index (χ0) is 43.2. The molecular weight excluding hydrogens is 762 g/mol. The summed E-state index contributed by atoms with van der Waals surface area (Å²) < 4.78 is 32.7. The fraction of sp³-hybridized carbons (Fsp3) is 0.551. The lowest BCUT2D eigenvalue weighted by Crippen LogP contribution is -2.29. The van der Waals surface area contributed by atoms with Gasteiger partial charge < -0.3 is 20.1 Å². The van der Waals surface area contributed by atoms with Crippen LogP contribution in [0.2, 0.25) is 0 Å². The Kier molecular flexibility index (Phi) is 41.3. The number of phosphoric acid groups is 1. The smallest absolute Gasteiger partial charge is 0.462 e. The van der Waals surface area contributed by atoms with Gasteiger partial charge in [-0.25, -0.2) is 4.57 Å². The van der Waals surface area contributed by atoms with Gasteiger partial charge in [0.05, 0.1) is 13.2 Å². The third-order valence-electron chi connectivity index (χ3n) is 8.34. The predicted octanol–water partition coefficient (Wildman–Crippen LogP) is 12.9. The molecule has 0 radical (unpaired) electrons. The van der Waals surface area contributed by atoms with Gasteiger partial charge in [0.1, 0.15) is 6.61 Å². The van der Waals surface area contributed by atoms with Crippen molar-refractivity contribution in [2.45, 2.75) is 148 Å². The fourth-order valence-corrected chi connectivity index (χ4v) is 5.92. The molecule has 0 aromatic rings. The minimum atomic E-state index is -4.41. The van der Waals surface area contributed by atoms with Gasteiger partial charge >= 0.3 is 19.8 Å². The molecule has 59 heavy (non-hydrogen) atoms. The van der Waals surface area contributed by atoms with Crippen LogP contribution in [0.4, 0.5) is 0 Å². The zero-order valence-corrected chi connectivity index (χ0v) is 37.3. The molecule has 1 unspecified atom stereocenters. The van der Waals surface area contributed by atoms with Crippen molar-refractivity contribution in [1.82, 2.24) is 0 Å². The van der Waals surface area contributed by atoms with Crippen molar-refractivity contribution in [2.75, 3.05) is 26.4 Å². The van der Waals surface area contributed by atoms with Crippen molar-refractivity contribution in [2.24, 2.45) is 5.73 Å². The highest BCUT2D eigenvalue weighted by atomic mass is 31.2. The van der Waals surface area contributed by atoms with Crippen LogP contribution in [0.5, 0.6) is 0 Å². The van der Waals surface area contributed by atoms with Crippen LogP contribution in [0.25, 0.3) is 0 Å². The van der Waals surface area contributed by atoms with E-state index in [4.69, 9.17) is 24.3 Å². The van der Waals surface area contributed by atoms with Crippen LogP contribution >= 0.6 is 7.82 Å². The van der Waals surface area contributed by atoms with Crippen molar-refractivity contribution in [3.8, 4) is 0 Å². The quantitative estimate of drug-likeness (QED) is 0.0268. The molecule has 0 aliphatic heterocycles. The van der Waals surface area contributed by atoms with Gasteiger partial charge in [-0.1, -0.05) is 148 Å². The van der Waals surface area contributed by atoms with E-state index in [-0.39, 0.29) is 32.6 Å². The van der Waals surface area contributed by atoms with Crippen LogP contribution in [0.3, 0.4) is 0 Å². The Hall–Kier alpha value is -3.59. The molecule has 0 bridgehead atoms. The molecule has 0 aromatic heterocycles. The lowest BCUT2D eigenvalue weighted by atomic mass is 10.1. The maximum atomic E-state index is 12.6. The number of phosphoric ester groups is 1. The number of ether oxygens (including phenoxy) is 2.